The first-order valence-electron chi connectivity index (χ1n) is 7.26. The van der Waals surface area contributed by atoms with Gasteiger partial charge in [-0.25, -0.2) is 4.98 Å². The van der Waals surface area contributed by atoms with Crippen molar-refractivity contribution in [3.63, 3.8) is 0 Å². The van der Waals surface area contributed by atoms with Crippen LogP contribution < -0.4 is 10.2 Å². The first-order chi connectivity index (χ1) is 10.2. The van der Waals surface area contributed by atoms with Gasteiger partial charge in [0, 0.05) is 38.0 Å². The van der Waals surface area contributed by atoms with E-state index in [1.54, 1.807) is 11.8 Å². The molecule has 0 bridgehead atoms. The average Bonchev–Trinajstić information content (AvgIpc) is 2.51. The number of amides is 1. The van der Waals surface area contributed by atoms with Crippen LogP contribution in [0.15, 0.2) is 18.3 Å². The van der Waals surface area contributed by atoms with Crippen LogP contribution in [-0.2, 0) is 16.1 Å². The lowest BCUT2D eigenvalue weighted by atomic mass is 10.2. The Labute approximate surface area is 130 Å². The SMILES string of the molecule is CSCCC(=O)NCc1ccc(N2CCO[C@H](C)C2)nc1. The van der Waals surface area contributed by atoms with E-state index in [9.17, 15) is 4.79 Å². The minimum absolute atomic E-state index is 0.0930. The molecule has 0 spiro atoms. The van der Waals surface area contributed by atoms with Crippen LogP contribution in [0.3, 0.4) is 0 Å². The molecular weight excluding hydrogens is 286 g/mol. The van der Waals surface area contributed by atoms with Gasteiger partial charge in [-0.1, -0.05) is 6.07 Å². The highest BCUT2D eigenvalue weighted by Gasteiger charge is 2.17. The van der Waals surface area contributed by atoms with Gasteiger partial charge in [0.15, 0.2) is 0 Å². The molecule has 0 unspecified atom stereocenters. The second-order valence-electron chi connectivity index (χ2n) is 5.17. The van der Waals surface area contributed by atoms with E-state index in [0.717, 1.165) is 36.8 Å². The number of thioether (sulfide) groups is 1. The quantitative estimate of drug-likeness (QED) is 0.866. The fourth-order valence-corrected chi connectivity index (χ4v) is 2.61. The molecule has 1 aliphatic heterocycles. The summed E-state index contributed by atoms with van der Waals surface area (Å²) >= 11 is 1.68. The summed E-state index contributed by atoms with van der Waals surface area (Å²) in [5.74, 6) is 1.93. The number of morpholine rings is 1. The molecular formula is C15H23N3O2S. The molecule has 0 aromatic carbocycles. The summed E-state index contributed by atoms with van der Waals surface area (Å²) in [6, 6.07) is 4.04. The van der Waals surface area contributed by atoms with Crippen molar-refractivity contribution in [1.29, 1.82) is 0 Å². The molecule has 0 radical (unpaired) electrons. The number of ether oxygens (including phenoxy) is 1. The fourth-order valence-electron chi connectivity index (χ4n) is 2.22. The number of carbonyl (C=O) groups is 1. The van der Waals surface area contributed by atoms with Crippen LogP contribution in [0.2, 0.25) is 0 Å². The normalized spacial score (nSPS) is 18.6. The molecule has 1 N–H and O–H groups in total. The second-order valence-corrected chi connectivity index (χ2v) is 6.16. The number of hydrogen-bond acceptors (Lipinski definition) is 5. The number of pyridine rings is 1. The van der Waals surface area contributed by atoms with E-state index in [2.05, 4.69) is 22.1 Å². The van der Waals surface area contributed by atoms with Gasteiger partial charge in [0.05, 0.1) is 12.7 Å². The van der Waals surface area contributed by atoms with Crippen molar-refractivity contribution in [2.75, 3.05) is 36.6 Å². The molecule has 2 rings (SSSR count). The lowest BCUT2D eigenvalue weighted by Crippen LogP contribution is -2.41. The van der Waals surface area contributed by atoms with E-state index in [-0.39, 0.29) is 12.0 Å². The van der Waals surface area contributed by atoms with Crippen molar-refractivity contribution in [2.45, 2.75) is 26.0 Å². The summed E-state index contributed by atoms with van der Waals surface area (Å²) in [4.78, 5) is 18.3. The highest BCUT2D eigenvalue weighted by atomic mass is 32.2. The van der Waals surface area contributed by atoms with Crippen LogP contribution in [0.1, 0.15) is 18.9 Å². The van der Waals surface area contributed by atoms with Crippen molar-refractivity contribution in [1.82, 2.24) is 10.3 Å². The maximum atomic E-state index is 11.6. The first kappa shape index (κ1) is 16.1. The molecule has 1 aromatic rings. The van der Waals surface area contributed by atoms with E-state index in [0.29, 0.717) is 13.0 Å². The van der Waals surface area contributed by atoms with Gasteiger partial charge in [-0.2, -0.15) is 11.8 Å². The lowest BCUT2D eigenvalue weighted by Gasteiger charge is -2.32. The summed E-state index contributed by atoms with van der Waals surface area (Å²) in [6.45, 7) is 5.11. The number of carbonyl (C=O) groups excluding carboxylic acids is 1. The summed E-state index contributed by atoms with van der Waals surface area (Å²) in [7, 11) is 0. The van der Waals surface area contributed by atoms with Crippen molar-refractivity contribution < 1.29 is 9.53 Å². The number of hydrogen-bond donors (Lipinski definition) is 1. The minimum atomic E-state index is 0.0930. The lowest BCUT2D eigenvalue weighted by molar-refractivity contribution is -0.120. The number of aromatic nitrogens is 1. The molecule has 116 valence electrons. The monoisotopic (exact) mass is 309 g/mol. The molecule has 0 saturated carbocycles. The Bertz CT molecular complexity index is 453. The highest BCUT2D eigenvalue weighted by Crippen LogP contribution is 2.15. The van der Waals surface area contributed by atoms with Crippen LogP contribution >= 0.6 is 11.8 Å². The smallest absolute Gasteiger partial charge is 0.221 e. The topological polar surface area (TPSA) is 54.5 Å². The number of anilines is 1. The third kappa shape index (κ3) is 5.21. The first-order valence-corrected chi connectivity index (χ1v) is 8.65. The predicted molar refractivity (Wildman–Crippen MR) is 86.7 cm³/mol. The van der Waals surface area contributed by atoms with E-state index < -0.39 is 0 Å². The maximum Gasteiger partial charge on any atom is 0.221 e. The molecule has 1 aromatic heterocycles. The van der Waals surface area contributed by atoms with Gasteiger partial charge in [0.25, 0.3) is 0 Å². The standard InChI is InChI=1S/C15H23N3O2S/c1-12-11-18(6-7-20-12)14-4-3-13(9-16-14)10-17-15(19)5-8-21-2/h3-4,9,12H,5-8,10-11H2,1-2H3,(H,17,19)/t12-/m1/s1. The van der Waals surface area contributed by atoms with Crippen LogP contribution in [-0.4, -0.2) is 48.7 Å². The second kappa shape index (κ2) is 8.24. The zero-order valence-corrected chi connectivity index (χ0v) is 13.5. The Hall–Kier alpha value is -1.27. The van der Waals surface area contributed by atoms with Crippen LogP contribution in [0.4, 0.5) is 5.82 Å². The Kier molecular flexibility index (Phi) is 6.32. The zero-order chi connectivity index (χ0) is 15.1. The van der Waals surface area contributed by atoms with E-state index in [1.165, 1.54) is 0 Å². The molecule has 1 atom stereocenters. The summed E-state index contributed by atoms with van der Waals surface area (Å²) in [6.07, 6.45) is 4.65. The summed E-state index contributed by atoms with van der Waals surface area (Å²) in [5, 5.41) is 2.91. The zero-order valence-electron chi connectivity index (χ0n) is 12.7. The van der Waals surface area contributed by atoms with E-state index >= 15 is 0 Å². The van der Waals surface area contributed by atoms with Gasteiger partial charge in [-0.05, 0) is 24.8 Å². The van der Waals surface area contributed by atoms with Crippen LogP contribution in [0, 0.1) is 0 Å². The Balaban J connectivity index is 1.83. The van der Waals surface area contributed by atoms with Crippen molar-refractivity contribution in [2.24, 2.45) is 0 Å². The molecule has 2 heterocycles. The maximum absolute atomic E-state index is 11.6. The van der Waals surface area contributed by atoms with Crippen LogP contribution in [0.25, 0.3) is 0 Å². The molecule has 21 heavy (non-hydrogen) atoms. The number of rotatable bonds is 6. The summed E-state index contributed by atoms with van der Waals surface area (Å²) < 4.78 is 5.53. The molecule has 0 aliphatic carbocycles. The van der Waals surface area contributed by atoms with Crippen molar-refractivity contribution in [3.05, 3.63) is 23.9 Å². The van der Waals surface area contributed by atoms with E-state index in [1.807, 2.05) is 24.6 Å². The Morgan fingerprint density at radius 3 is 3.10 bits per heavy atom. The van der Waals surface area contributed by atoms with Gasteiger partial charge in [-0.15, -0.1) is 0 Å². The van der Waals surface area contributed by atoms with Gasteiger partial charge >= 0.3 is 0 Å². The van der Waals surface area contributed by atoms with Crippen molar-refractivity contribution >= 4 is 23.5 Å². The molecule has 1 aliphatic rings. The number of nitrogens with one attached hydrogen (secondary N) is 1. The molecule has 1 saturated heterocycles. The third-order valence-electron chi connectivity index (χ3n) is 3.40. The Morgan fingerprint density at radius 2 is 2.43 bits per heavy atom. The minimum Gasteiger partial charge on any atom is -0.375 e. The molecule has 1 amide bonds. The molecule has 5 nitrogen and oxygen atoms in total. The van der Waals surface area contributed by atoms with Gasteiger partial charge in [0.2, 0.25) is 5.91 Å². The van der Waals surface area contributed by atoms with Gasteiger partial charge in [0.1, 0.15) is 5.82 Å². The predicted octanol–water partition coefficient (Wildman–Crippen LogP) is 1.68. The number of nitrogens with zero attached hydrogens (tertiary/aromatic N) is 2. The fraction of sp³-hybridized carbons (Fsp3) is 0.600. The Morgan fingerprint density at radius 1 is 1.57 bits per heavy atom. The molecule has 6 heteroatoms. The molecule has 1 fully saturated rings. The highest BCUT2D eigenvalue weighted by molar-refractivity contribution is 7.98. The third-order valence-corrected chi connectivity index (χ3v) is 4.01. The summed E-state index contributed by atoms with van der Waals surface area (Å²) in [5.41, 5.74) is 1.03. The van der Waals surface area contributed by atoms with Crippen molar-refractivity contribution in [3.8, 4) is 0 Å². The largest absolute Gasteiger partial charge is 0.375 e. The van der Waals surface area contributed by atoms with Crippen LogP contribution in [0.5, 0.6) is 0 Å². The average molecular weight is 309 g/mol. The van der Waals surface area contributed by atoms with E-state index in [4.69, 9.17) is 4.74 Å². The van der Waals surface area contributed by atoms with Gasteiger partial charge < -0.3 is 15.0 Å². The van der Waals surface area contributed by atoms with Gasteiger partial charge in [-0.3, -0.25) is 4.79 Å².